The fraction of sp³-hybridized carbons (Fsp3) is 0.357. The maximum atomic E-state index is 12.7. The Morgan fingerprint density at radius 1 is 1.10 bits per heavy atom. The summed E-state index contributed by atoms with van der Waals surface area (Å²) in [5.74, 6) is 0. The first-order chi connectivity index (χ1) is 9.48. The van der Waals surface area contributed by atoms with Gasteiger partial charge < -0.3 is 0 Å². The summed E-state index contributed by atoms with van der Waals surface area (Å²) in [4.78, 5) is 0.369. The first-order valence-corrected chi connectivity index (χ1v) is 8.00. The predicted octanol–water partition coefficient (Wildman–Crippen LogP) is 1.70. The van der Waals surface area contributed by atoms with Crippen LogP contribution in [0, 0.1) is 13.8 Å². The van der Waals surface area contributed by atoms with Gasteiger partial charge in [0.05, 0.1) is 23.7 Å². The molecule has 1 aliphatic heterocycles. The summed E-state index contributed by atoms with van der Waals surface area (Å²) < 4.78 is 28.7. The summed E-state index contributed by atoms with van der Waals surface area (Å²) in [6.45, 7) is 5.36. The van der Waals surface area contributed by atoms with Gasteiger partial charge in [-0.25, -0.2) is 8.42 Å². The van der Waals surface area contributed by atoms with E-state index in [9.17, 15) is 8.42 Å². The Kier molecular flexibility index (Phi) is 3.14. The van der Waals surface area contributed by atoms with Crippen LogP contribution in [0.5, 0.6) is 0 Å². The molecule has 0 N–H and O–H groups in total. The van der Waals surface area contributed by atoms with Gasteiger partial charge >= 0.3 is 0 Å². The van der Waals surface area contributed by atoms with Gasteiger partial charge in [-0.3, -0.25) is 4.68 Å². The van der Waals surface area contributed by atoms with E-state index in [0.29, 0.717) is 24.5 Å². The molecule has 20 heavy (non-hydrogen) atoms. The number of aryl methyl sites for hydroxylation is 2. The third kappa shape index (κ3) is 2.14. The summed E-state index contributed by atoms with van der Waals surface area (Å²) in [6, 6.07) is 7.15. The van der Waals surface area contributed by atoms with Crippen LogP contribution in [0.1, 0.15) is 16.8 Å². The van der Waals surface area contributed by atoms with E-state index in [1.165, 1.54) is 4.31 Å². The van der Waals surface area contributed by atoms with Crippen LogP contribution < -0.4 is 0 Å². The topological polar surface area (TPSA) is 55.2 Å². The van der Waals surface area contributed by atoms with Crippen molar-refractivity contribution in [2.45, 2.75) is 31.8 Å². The standard InChI is InChI=1S/C14H17N3O2S/c1-11-3-4-14(9-12(11)2)20(18,19)16-7-8-17-13(10-16)5-6-15-17/h3-6,9H,7-8,10H2,1-2H3. The van der Waals surface area contributed by atoms with E-state index in [4.69, 9.17) is 0 Å². The molecular formula is C14H17N3O2S. The van der Waals surface area contributed by atoms with Crippen LogP contribution in [-0.2, 0) is 23.1 Å². The van der Waals surface area contributed by atoms with Crippen molar-refractivity contribution in [3.8, 4) is 0 Å². The minimum absolute atomic E-state index is 0.369. The van der Waals surface area contributed by atoms with Gasteiger partial charge in [0.15, 0.2) is 0 Å². The minimum Gasteiger partial charge on any atom is -0.267 e. The Hall–Kier alpha value is -1.66. The number of aromatic nitrogens is 2. The van der Waals surface area contributed by atoms with Crippen molar-refractivity contribution in [1.29, 1.82) is 0 Å². The van der Waals surface area contributed by atoms with Gasteiger partial charge in [0.25, 0.3) is 0 Å². The number of fused-ring (bicyclic) bond motifs is 1. The second-order valence-electron chi connectivity index (χ2n) is 5.13. The maximum Gasteiger partial charge on any atom is 0.243 e. The number of hydrogen-bond donors (Lipinski definition) is 0. The molecule has 0 radical (unpaired) electrons. The predicted molar refractivity (Wildman–Crippen MR) is 75.7 cm³/mol. The zero-order valence-electron chi connectivity index (χ0n) is 11.6. The van der Waals surface area contributed by atoms with Crippen molar-refractivity contribution in [3.63, 3.8) is 0 Å². The van der Waals surface area contributed by atoms with Crippen LogP contribution >= 0.6 is 0 Å². The Balaban J connectivity index is 1.95. The van der Waals surface area contributed by atoms with Crippen LogP contribution in [0.15, 0.2) is 35.4 Å². The van der Waals surface area contributed by atoms with E-state index in [2.05, 4.69) is 5.10 Å². The average Bonchev–Trinajstić information content (AvgIpc) is 2.89. The second-order valence-corrected chi connectivity index (χ2v) is 7.07. The van der Waals surface area contributed by atoms with Crippen molar-refractivity contribution >= 4 is 10.0 Å². The smallest absolute Gasteiger partial charge is 0.243 e. The number of benzene rings is 1. The van der Waals surface area contributed by atoms with Crippen molar-refractivity contribution in [1.82, 2.24) is 14.1 Å². The molecule has 0 spiro atoms. The highest BCUT2D eigenvalue weighted by atomic mass is 32.2. The highest BCUT2D eigenvalue weighted by molar-refractivity contribution is 7.89. The third-order valence-electron chi connectivity index (χ3n) is 3.82. The molecule has 6 heteroatoms. The molecule has 2 aromatic rings. The molecule has 0 fully saturated rings. The van der Waals surface area contributed by atoms with Crippen molar-refractivity contribution < 1.29 is 8.42 Å². The van der Waals surface area contributed by atoms with Crippen molar-refractivity contribution in [2.24, 2.45) is 0 Å². The molecule has 0 atom stereocenters. The molecule has 2 heterocycles. The Morgan fingerprint density at radius 2 is 1.90 bits per heavy atom. The second kappa shape index (κ2) is 4.71. The van der Waals surface area contributed by atoms with Crippen LogP contribution in [-0.4, -0.2) is 29.0 Å². The molecule has 0 saturated heterocycles. The Morgan fingerprint density at radius 3 is 2.65 bits per heavy atom. The SMILES string of the molecule is Cc1ccc(S(=O)(=O)N2CCn3nccc3C2)cc1C. The largest absolute Gasteiger partial charge is 0.267 e. The molecule has 5 nitrogen and oxygen atoms in total. The molecule has 0 bridgehead atoms. The van der Waals surface area contributed by atoms with Crippen LogP contribution in [0.2, 0.25) is 0 Å². The molecule has 1 aliphatic rings. The van der Waals surface area contributed by atoms with E-state index < -0.39 is 10.0 Å². The normalized spacial score (nSPS) is 16.1. The zero-order chi connectivity index (χ0) is 14.3. The number of hydrogen-bond acceptors (Lipinski definition) is 3. The summed E-state index contributed by atoms with van der Waals surface area (Å²) >= 11 is 0. The van der Waals surface area contributed by atoms with Gasteiger partial charge in [0.2, 0.25) is 10.0 Å². The number of rotatable bonds is 2. The summed E-state index contributed by atoms with van der Waals surface area (Å²) in [7, 11) is -3.43. The first kappa shape index (κ1) is 13.3. The third-order valence-corrected chi connectivity index (χ3v) is 5.66. The van der Waals surface area contributed by atoms with Crippen molar-refractivity contribution in [3.05, 3.63) is 47.3 Å². The summed E-state index contributed by atoms with van der Waals surface area (Å²) in [5, 5.41) is 4.17. The molecule has 1 aromatic heterocycles. The highest BCUT2D eigenvalue weighted by Gasteiger charge is 2.28. The first-order valence-electron chi connectivity index (χ1n) is 6.56. The lowest BCUT2D eigenvalue weighted by molar-refractivity contribution is 0.326. The lowest BCUT2D eigenvalue weighted by atomic mass is 10.1. The van der Waals surface area contributed by atoms with E-state index in [0.717, 1.165) is 16.8 Å². The maximum absolute atomic E-state index is 12.7. The monoisotopic (exact) mass is 291 g/mol. The number of nitrogens with zero attached hydrogens (tertiary/aromatic N) is 3. The lowest BCUT2D eigenvalue weighted by Gasteiger charge is -2.27. The number of sulfonamides is 1. The van der Waals surface area contributed by atoms with Gasteiger partial charge in [-0.05, 0) is 43.2 Å². The van der Waals surface area contributed by atoms with Gasteiger partial charge in [0, 0.05) is 12.7 Å². The van der Waals surface area contributed by atoms with Crippen LogP contribution in [0.25, 0.3) is 0 Å². The van der Waals surface area contributed by atoms with Gasteiger partial charge in [0.1, 0.15) is 0 Å². The quantitative estimate of drug-likeness (QED) is 0.846. The fourth-order valence-corrected chi connectivity index (χ4v) is 3.88. The molecule has 0 unspecified atom stereocenters. The van der Waals surface area contributed by atoms with E-state index in [1.807, 2.05) is 30.7 Å². The molecule has 0 saturated carbocycles. The Bertz CT molecular complexity index is 750. The molecule has 0 aliphatic carbocycles. The highest BCUT2D eigenvalue weighted by Crippen LogP contribution is 2.23. The van der Waals surface area contributed by atoms with Crippen LogP contribution in [0.4, 0.5) is 0 Å². The van der Waals surface area contributed by atoms with E-state index >= 15 is 0 Å². The summed E-state index contributed by atoms with van der Waals surface area (Å²) in [6.07, 6.45) is 1.71. The molecule has 3 rings (SSSR count). The van der Waals surface area contributed by atoms with Gasteiger partial charge in [-0.2, -0.15) is 9.40 Å². The molecule has 1 aromatic carbocycles. The lowest BCUT2D eigenvalue weighted by Crippen LogP contribution is -2.38. The van der Waals surface area contributed by atoms with E-state index in [1.54, 1.807) is 18.3 Å². The van der Waals surface area contributed by atoms with E-state index in [-0.39, 0.29) is 0 Å². The molecular weight excluding hydrogens is 274 g/mol. The minimum atomic E-state index is -3.43. The average molecular weight is 291 g/mol. The molecule has 0 amide bonds. The fourth-order valence-electron chi connectivity index (χ4n) is 2.39. The molecule has 106 valence electrons. The van der Waals surface area contributed by atoms with Crippen molar-refractivity contribution in [2.75, 3.05) is 6.54 Å². The van der Waals surface area contributed by atoms with Gasteiger partial charge in [-0.1, -0.05) is 6.07 Å². The van der Waals surface area contributed by atoms with Gasteiger partial charge in [-0.15, -0.1) is 0 Å². The van der Waals surface area contributed by atoms with Crippen LogP contribution in [0.3, 0.4) is 0 Å². The summed E-state index contributed by atoms with van der Waals surface area (Å²) in [5.41, 5.74) is 3.03. The Labute approximate surface area is 118 Å². The zero-order valence-corrected chi connectivity index (χ0v) is 12.4.